The maximum atomic E-state index is 6.20. The van der Waals surface area contributed by atoms with Crippen LogP contribution in [-0.4, -0.2) is 13.3 Å². The number of hydrazone groups is 1. The van der Waals surface area contributed by atoms with Crippen LogP contribution in [0.5, 0.6) is 11.5 Å². The van der Waals surface area contributed by atoms with Gasteiger partial charge in [-0.2, -0.15) is 5.10 Å². The standard InChI is InChI=1S/C26H21Cl2IN2O2/c1-32-25-13-17(14-30-31-15-21-22(27)10-5-11-23(21)28)12-24(29)26(25)33-16-19-8-4-7-18-6-2-3-9-20(18)19/h2-14,31H,15-16H2,1H3/b30-14-. The van der Waals surface area contributed by atoms with Gasteiger partial charge >= 0.3 is 0 Å². The van der Waals surface area contributed by atoms with Crippen molar-refractivity contribution < 1.29 is 9.47 Å². The molecule has 4 rings (SSSR count). The quantitative estimate of drug-likeness (QED) is 0.132. The number of nitrogens with one attached hydrogen (secondary N) is 1. The molecule has 0 aliphatic heterocycles. The van der Waals surface area contributed by atoms with Crippen molar-refractivity contribution in [3.05, 3.63) is 103 Å². The van der Waals surface area contributed by atoms with E-state index in [1.807, 2.05) is 36.4 Å². The van der Waals surface area contributed by atoms with Crippen molar-refractivity contribution in [3.63, 3.8) is 0 Å². The van der Waals surface area contributed by atoms with E-state index < -0.39 is 0 Å². The van der Waals surface area contributed by atoms with Gasteiger partial charge < -0.3 is 14.9 Å². The van der Waals surface area contributed by atoms with Crippen LogP contribution < -0.4 is 14.9 Å². The van der Waals surface area contributed by atoms with Crippen LogP contribution in [0.15, 0.2) is 77.9 Å². The average molecular weight is 591 g/mol. The molecule has 0 aliphatic rings. The second-order valence-electron chi connectivity index (χ2n) is 7.25. The minimum Gasteiger partial charge on any atom is -0.493 e. The van der Waals surface area contributed by atoms with Crippen LogP contribution in [0.1, 0.15) is 16.7 Å². The summed E-state index contributed by atoms with van der Waals surface area (Å²) in [5, 5.41) is 7.89. The Balaban J connectivity index is 1.47. The zero-order valence-electron chi connectivity index (χ0n) is 17.8. The normalized spacial score (nSPS) is 11.2. The molecule has 7 heteroatoms. The van der Waals surface area contributed by atoms with Crippen LogP contribution >= 0.6 is 45.8 Å². The van der Waals surface area contributed by atoms with E-state index in [-0.39, 0.29) is 0 Å². The first kappa shape index (κ1) is 23.7. The van der Waals surface area contributed by atoms with E-state index in [9.17, 15) is 0 Å². The predicted molar refractivity (Wildman–Crippen MR) is 145 cm³/mol. The number of rotatable bonds is 8. The fraction of sp³-hybridized carbons (Fsp3) is 0.115. The van der Waals surface area contributed by atoms with Crippen LogP contribution in [0.4, 0.5) is 0 Å². The Morgan fingerprint density at radius 3 is 2.48 bits per heavy atom. The van der Waals surface area contributed by atoms with Gasteiger partial charge in [-0.05, 0) is 68.8 Å². The van der Waals surface area contributed by atoms with Crippen molar-refractivity contribution >= 4 is 62.8 Å². The second kappa shape index (κ2) is 11.1. The van der Waals surface area contributed by atoms with Crippen molar-refractivity contribution in [2.75, 3.05) is 7.11 Å². The van der Waals surface area contributed by atoms with Crippen LogP contribution in [0, 0.1) is 3.57 Å². The highest BCUT2D eigenvalue weighted by Gasteiger charge is 2.12. The minimum absolute atomic E-state index is 0.426. The Kier molecular flexibility index (Phi) is 7.96. The van der Waals surface area contributed by atoms with Crippen molar-refractivity contribution in [1.82, 2.24) is 5.43 Å². The molecule has 33 heavy (non-hydrogen) atoms. The molecule has 4 aromatic carbocycles. The van der Waals surface area contributed by atoms with Crippen LogP contribution in [0.2, 0.25) is 10.0 Å². The molecule has 0 atom stereocenters. The summed E-state index contributed by atoms with van der Waals surface area (Å²) in [5.41, 5.74) is 5.81. The number of hydrogen-bond donors (Lipinski definition) is 1. The number of nitrogens with zero attached hydrogens (tertiary/aromatic N) is 1. The van der Waals surface area contributed by atoms with E-state index >= 15 is 0 Å². The van der Waals surface area contributed by atoms with Gasteiger partial charge in [0.15, 0.2) is 11.5 Å². The van der Waals surface area contributed by atoms with E-state index in [1.165, 1.54) is 10.8 Å². The Morgan fingerprint density at radius 2 is 1.70 bits per heavy atom. The monoisotopic (exact) mass is 590 g/mol. The number of benzene rings is 4. The summed E-state index contributed by atoms with van der Waals surface area (Å²) >= 11 is 14.7. The number of fused-ring (bicyclic) bond motifs is 1. The predicted octanol–water partition coefficient (Wildman–Crippen LogP) is 7.46. The van der Waals surface area contributed by atoms with Crippen LogP contribution in [0.3, 0.4) is 0 Å². The van der Waals surface area contributed by atoms with Crippen LogP contribution in [0.25, 0.3) is 10.8 Å². The Hall–Kier alpha value is -2.48. The Labute approximate surface area is 216 Å². The third kappa shape index (κ3) is 5.72. The van der Waals surface area contributed by atoms with Gasteiger partial charge in [-0.15, -0.1) is 0 Å². The fourth-order valence-electron chi connectivity index (χ4n) is 3.47. The third-order valence-corrected chi connectivity index (χ3v) is 6.64. The van der Waals surface area contributed by atoms with E-state index in [1.54, 1.807) is 25.5 Å². The molecule has 0 unspecified atom stereocenters. The van der Waals surface area contributed by atoms with Crippen molar-refractivity contribution in [3.8, 4) is 11.5 Å². The molecule has 168 valence electrons. The summed E-state index contributed by atoms with van der Waals surface area (Å²) in [6, 6.07) is 23.8. The molecule has 0 aromatic heterocycles. The number of hydrogen-bond acceptors (Lipinski definition) is 4. The topological polar surface area (TPSA) is 42.8 Å². The summed E-state index contributed by atoms with van der Waals surface area (Å²) in [6.45, 7) is 0.872. The van der Waals surface area contributed by atoms with E-state index in [4.69, 9.17) is 32.7 Å². The Morgan fingerprint density at radius 1 is 0.970 bits per heavy atom. The number of halogens is 3. The molecule has 4 aromatic rings. The first-order valence-electron chi connectivity index (χ1n) is 10.2. The maximum Gasteiger partial charge on any atom is 0.174 e. The van der Waals surface area contributed by atoms with Gasteiger partial charge in [-0.1, -0.05) is 71.7 Å². The van der Waals surface area contributed by atoms with Crippen molar-refractivity contribution in [1.29, 1.82) is 0 Å². The summed E-state index contributed by atoms with van der Waals surface area (Å²) in [5.74, 6) is 1.36. The molecule has 0 heterocycles. The summed E-state index contributed by atoms with van der Waals surface area (Å²) in [6.07, 6.45) is 1.73. The zero-order valence-corrected chi connectivity index (χ0v) is 21.5. The molecule has 4 nitrogen and oxygen atoms in total. The maximum absolute atomic E-state index is 6.20. The fourth-order valence-corrected chi connectivity index (χ4v) is 4.78. The van der Waals surface area contributed by atoms with Gasteiger partial charge in [0.2, 0.25) is 0 Å². The lowest BCUT2D eigenvalue weighted by Gasteiger charge is -2.14. The molecule has 0 radical (unpaired) electrons. The molecule has 0 saturated carbocycles. The lowest BCUT2D eigenvalue weighted by Crippen LogP contribution is -2.07. The SMILES string of the molecule is COc1cc(/C=N\NCc2c(Cl)cccc2Cl)cc(I)c1OCc1cccc2ccccc12. The number of methoxy groups -OCH3 is 1. The van der Waals surface area contributed by atoms with Crippen LogP contribution in [-0.2, 0) is 13.2 Å². The highest BCUT2D eigenvalue weighted by atomic mass is 127. The van der Waals surface area contributed by atoms with Crippen molar-refractivity contribution in [2.45, 2.75) is 13.2 Å². The molecule has 0 amide bonds. The van der Waals surface area contributed by atoms with Gasteiger partial charge in [0, 0.05) is 15.6 Å². The van der Waals surface area contributed by atoms with E-state index in [0.29, 0.717) is 34.7 Å². The first-order chi connectivity index (χ1) is 16.1. The molecule has 0 fully saturated rings. The summed E-state index contributed by atoms with van der Waals surface area (Å²) in [7, 11) is 1.63. The molecule has 0 saturated heterocycles. The van der Waals surface area contributed by atoms with Gasteiger partial charge in [0.25, 0.3) is 0 Å². The summed E-state index contributed by atoms with van der Waals surface area (Å²) < 4.78 is 12.7. The highest BCUT2D eigenvalue weighted by Crippen LogP contribution is 2.34. The molecular weight excluding hydrogens is 570 g/mol. The first-order valence-corrected chi connectivity index (χ1v) is 12.1. The average Bonchev–Trinajstić information content (AvgIpc) is 2.82. The lowest BCUT2D eigenvalue weighted by molar-refractivity contribution is 0.283. The lowest BCUT2D eigenvalue weighted by atomic mass is 10.1. The van der Waals surface area contributed by atoms with E-state index in [2.05, 4.69) is 57.4 Å². The minimum atomic E-state index is 0.426. The smallest absolute Gasteiger partial charge is 0.174 e. The van der Waals surface area contributed by atoms with Gasteiger partial charge in [-0.25, -0.2) is 0 Å². The van der Waals surface area contributed by atoms with Gasteiger partial charge in [0.1, 0.15) is 6.61 Å². The van der Waals surface area contributed by atoms with Gasteiger partial charge in [-0.3, -0.25) is 0 Å². The largest absolute Gasteiger partial charge is 0.493 e. The third-order valence-electron chi connectivity index (χ3n) is 5.13. The molecule has 0 spiro atoms. The highest BCUT2D eigenvalue weighted by molar-refractivity contribution is 14.1. The molecule has 1 N–H and O–H groups in total. The van der Waals surface area contributed by atoms with Gasteiger partial charge in [0.05, 0.1) is 23.4 Å². The number of ether oxygens (including phenoxy) is 2. The van der Waals surface area contributed by atoms with Crippen molar-refractivity contribution in [2.24, 2.45) is 5.10 Å². The Bertz CT molecular complexity index is 1290. The molecular formula is C26H21Cl2IN2O2. The summed E-state index contributed by atoms with van der Waals surface area (Å²) in [4.78, 5) is 0. The second-order valence-corrected chi connectivity index (χ2v) is 9.23. The molecule has 0 aliphatic carbocycles. The zero-order chi connectivity index (χ0) is 23.2. The van der Waals surface area contributed by atoms with E-state index in [0.717, 1.165) is 20.3 Å². The molecule has 0 bridgehead atoms.